The number of morpholine rings is 1. The van der Waals surface area contributed by atoms with Crippen LogP contribution in [0.4, 0.5) is 0 Å². The number of amides is 1. The van der Waals surface area contributed by atoms with E-state index in [1.165, 1.54) is 0 Å². The zero-order valence-electron chi connectivity index (χ0n) is 14.3. The van der Waals surface area contributed by atoms with Crippen LogP contribution in [0.3, 0.4) is 0 Å². The Bertz CT molecular complexity index is 652. The van der Waals surface area contributed by atoms with Crippen molar-refractivity contribution in [3.63, 3.8) is 0 Å². The third-order valence-corrected chi connectivity index (χ3v) is 4.18. The van der Waals surface area contributed by atoms with Crippen LogP contribution < -0.4 is 10.1 Å². The second-order valence-corrected chi connectivity index (χ2v) is 6.01. The average Bonchev–Trinajstić information content (AvgIpc) is 2.68. The van der Waals surface area contributed by atoms with Crippen LogP contribution in [0.2, 0.25) is 0 Å². The first-order valence-corrected chi connectivity index (χ1v) is 8.66. The second-order valence-electron chi connectivity index (χ2n) is 6.01. The number of hydrogen-bond donors (Lipinski definition) is 1. The standard InChI is InChI=1S/C20H24N2O3/c23-20(21-10-11-22-12-14-24-15-13-22)18-6-8-19(9-7-18)25-16-17-4-2-1-3-5-17/h1-9H,10-16H2,(H,21,23). The van der Waals surface area contributed by atoms with Crippen molar-refractivity contribution in [1.82, 2.24) is 10.2 Å². The van der Waals surface area contributed by atoms with Crippen molar-refractivity contribution in [2.75, 3.05) is 39.4 Å². The molecule has 132 valence electrons. The van der Waals surface area contributed by atoms with Gasteiger partial charge < -0.3 is 14.8 Å². The number of nitrogens with one attached hydrogen (secondary N) is 1. The molecule has 1 amide bonds. The van der Waals surface area contributed by atoms with Gasteiger partial charge >= 0.3 is 0 Å². The number of hydrogen-bond acceptors (Lipinski definition) is 4. The minimum absolute atomic E-state index is 0.0529. The van der Waals surface area contributed by atoms with E-state index in [1.54, 1.807) is 12.1 Å². The first-order chi connectivity index (χ1) is 12.3. The summed E-state index contributed by atoms with van der Waals surface area (Å²) in [6, 6.07) is 17.3. The summed E-state index contributed by atoms with van der Waals surface area (Å²) in [5.41, 5.74) is 1.77. The molecule has 0 bridgehead atoms. The lowest BCUT2D eigenvalue weighted by Gasteiger charge is -2.26. The Balaban J connectivity index is 1.42. The molecule has 5 nitrogen and oxygen atoms in total. The summed E-state index contributed by atoms with van der Waals surface area (Å²) in [5.74, 6) is 0.705. The quantitative estimate of drug-likeness (QED) is 0.840. The van der Waals surface area contributed by atoms with Crippen LogP contribution in [0.25, 0.3) is 0 Å². The fourth-order valence-corrected chi connectivity index (χ4v) is 2.70. The molecule has 2 aromatic carbocycles. The molecule has 2 aromatic rings. The van der Waals surface area contributed by atoms with Gasteiger partial charge in [0.2, 0.25) is 0 Å². The van der Waals surface area contributed by atoms with Gasteiger partial charge in [0.25, 0.3) is 5.91 Å². The maximum absolute atomic E-state index is 12.2. The van der Waals surface area contributed by atoms with Crippen molar-refractivity contribution < 1.29 is 14.3 Å². The fraction of sp³-hybridized carbons (Fsp3) is 0.350. The van der Waals surface area contributed by atoms with Crippen LogP contribution in [0.15, 0.2) is 54.6 Å². The van der Waals surface area contributed by atoms with Crippen LogP contribution in [-0.4, -0.2) is 50.2 Å². The topological polar surface area (TPSA) is 50.8 Å². The Hall–Kier alpha value is -2.37. The monoisotopic (exact) mass is 340 g/mol. The highest BCUT2D eigenvalue weighted by Gasteiger charge is 2.11. The van der Waals surface area contributed by atoms with Crippen molar-refractivity contribution in [3.8, 4) is 5.75 Å². The van der Waals surface area contributed by atoms with Gasteiger partial charge in [-0.25, -0.2) is 0 Å². The highest BCUT2D eigenvalue weighted by atomic mass is 16.5. The van der Waals surface area contributed by atoms with E-state index in [1.807, 2.05) is 42.5 Å². The molecular formula is C20H24N2O3. The van der Waals surface area contributed by atoms with Gasteiger partial charge in [-0.15, -0.1) is 0 Å². The van der Waals surface area contributed by atoms with Gasteiger partial charge in [-0.3, -0.25) is 9.69 Å². The summed E-state index contributed by atoms with van der Waals surface area (Å²) in [6.07, 6.45) is 0. The fourth-order valence-electron chi connectivity index (χ4n) is 2.70. The largest absolute Gasteiger partial charge is 0.489 e. The van der Waals surface area contributed by atoms with Gasteiger partial charge in [-0.2, -0.15) is 0 Å². The average molecular weight is 340 g/mol. The van der Waals surface area contributed by atoms with E-state index in [0.29, 0.717) is 18.7 Å². The number of benzene rings is 2. The van der Waals surface area contributed by atoms with E-state index in [2.05, 4.69) is 10.2 Å². The van der Waals surface area contributed by atoms with E-state index < -0.39 is 0 Å². The molecular weight excluding hydrogens is 316 g/mol. The molecule has 1 aliphatic heterocycles. The highest BCUT2D eigenvalue weighted by Crippen LogP contribution is 2.14. The number of rotatable bonds is 7. The zero-order valence-corrected chi connectivity index (χ0v) is 14.3. The molecule has 1 aliphatic rings. The summed E-state index contributed by atoms with van der Waals surface area (Å²) in [6.45, 7) is 5.44. The molecule has 25 heavy (non-hydrogen) atoms. The Kier molecular flexibility index (Phi) is 6.42. The molecule has 5 heteroatoms. The molecule has 0 aromatic heterocycles. The number of carbonyl (C=O) groups is 1. The number of carbonyl (C=O) groups excluding carboxylic acids is 1. The van der Waals surface area contributed by atoms with E-state index in [4.69, 9.17) is 9.47 Å². The van der Waals surface area contributed by atoms with Crippen molar-refractivity contribution in [2.24, 2.45) is 0 Å². The maximum Gasteiger partial charge on any atom is 0.251 e. The normalized spacial score (nSPS) is 14.9. The third-order valence-electron chi connectivity index (χ3n) is 4.18. The van der Waals surface area contributed by atoms with Gasteiger partial charge in [0.15, 0.2) is 0 Å². The van der Waals surface area contributed by atoms with E-state index >= 15 is 0 Å². The summed E-state index contributed by atoms with van der Waals surface area (Å²) >= 11 is 0. The van der Waals surface area contributed by atoms with Gasteiger partial charge in [0, 0.05) is 31.7 Å². The first-order valence-electron chi connectivity index (χ1n) is 8.66. The smallest absolute Gasteiger partial charge is 0.251 e. The van der Waals surface area contributed by atoms with Crippen molar-refractivity contribution in [3.05, 3.63) is 65.7 Å². The molecule has 1 fully saturated rings. The summed E-state index contributed by atoms with van der Waals surface area (Å²) in [7, 11) is 0. The molecule has 1 saturated heterocycles. The Morgan fingerprint density at radius 2 is 1.76 bits per heavy atom. The summed E-state index contributed by atoms with van der Waals surface area (Å²) in [4.78, 5) is 14.5. The minimum Gasteiger partial charge on any atom is -0.489 e. The van der Waals surface area contributed by atoms with E-state index in [0.717, 1.165) is 44.2 Å². The zero-order chi connectivity index (χ0) is 17.3. The third kappa shape index (κ3) is 5.59. The molecule has 0 saturated carbocycles. The molecule has 1 heterocycles. The van der Waals surface area contributed by atoms with Crippen LogP contribution in [0.1, 0.15) is 15.9 Å². The van der Waals surface area contributed by atoms with Gasteiger partial charge in [-0.1, -0.05) is 30.3 Å². The Morgan fingerprint density at radius 1 is 1.04 bits per heavy atom. The van der Waals surface area contributed by atoms with Crippen molar-refractivity contribution in [1.29, 1.82) is 0 Å². The maximum atomic E-state index is 12.2. The lowest BCUT2D eigenvalue weighted by Crippen LogP contribution is -2.41. The second kappa shape index (κ2) is 9.20. The van der Waals surface area contributed by atoms with Gasteiger partial charge in [-0.05, 0) is 29.8 Å². The highest BCUT2D eigenvalue weighted by molar-refractivity contribution is 5.94. The van der Waals surface area contributed by atoms with Crippen molar-refractivity contribution in [2.45, 2.75) is 6.61 Å². The molecule has 0 unspecified atom stereocenters. The summed E-state index contributed by atoms with van der Waals surface area (Å²) < 4.78 is 11.1. The van der Waals surface area contributed by atoms with Crippen LogP contribution in [0.5, 0.6) is 5.75 Å². The Labute approximate surface area is 148 Å². The van der Waals surface area contributed by atoms with Crippen LogP contribution >= 0.6 is 0 Å². The van der Waals surface area contributed by atoms with Gasteiger partial charge in [0.05, 0.1) is 13.2 Å². The summed E-state index contributed by atoms with van der Waals surface area (Å²) in [5, 5.41) is 2.96. The molecule has 0 atom stereocenters. The minimum atomic E-state index is -0.0529. The SMILES string of the molecule is O=C(NCCN1CCOCC1)c1ccc(OCc2ccccc2)cc1. The van der Waals surface area contributed by atoms with Crippen LogP contribution in [-0.2, 0) is 11.3 Å². The Morgan fingerprint density at radius 3 is 2.48 bits per heavy atom. The molecule has 1 N–H and O–H groups in total. The molecule has 0 radical (unpaired) electrons. The van der Waals surface area contributed by atoms with E-state index in [9.17, 15) is 4.79 Å². The first kappa shape index (κ1) is 17.5. The van der Waals surface area contributed by atoms with Crippen molar-refractivity contribution >= 4 is 5.91 Å². The molecule has 0 aliphatic carbocycles. The lowest BCUT2D eigenvalue weighted by atomic mass is 10.2. The van der Waals surface area contributed by atoms with Gasteiger partial charge in [0.1, 0.15) is 12.4 Å². The number of ether oxygens (including phenoxy) is 2. The van der Waals surface area contributed by atoms with E-state index in [-0.39, 0.29) is 5.91 Å². The molecule has 0 spiro atoms. The molecule has 3 rings (SSSR count). The lowest BCUT2D eigenvalue weighted by molar-refractivity contribution is 0.0383. The predicted octanol–water partition coefficient (Wildman–Crippen LogP) is 2.33. The van der Waals surface area contributed by atoms with Crippen LogP contribution in [0, 0.1) is 0 Å². The predicted molar refractivity (Wildman–Crippen MR) is 96.8 cm³/mol. The number of nitrogens with zero attached hydrogens (tertiary/aromatic N) is 1.